The Hall–Kier alpha value is -1.88. The zero-order chi connectivity index (χ0) is 13.1. The lowest BCUT2D eigenvalue weighted by Crippen LogP contribution is -2.20. The maximum atomic E-state index is 11.7. The second kappa shape index (κ2) is 5.18. The van der Waals surface area contributed by atoms with Crippen LogP contribution in [0.1, 0.15) is 18.9 Å². The van der Waals surface area contributed by atoms with Crippen molar-refractivity contribution in [3.8, 4) is 0 Å². The van der Waals surface area contributed by atoms with Gasteiger partial charge < -0.3 is 16.4 Å². The van der Waals surface area contributed by atoms with Gasteiger partial charge in [0.1, 0.15) is 0 Å². The number of rotatable bonds is 4. The molecule has 0 radical (unpaired) electrons. The van der Waals surface area contributed by atoms with E-state index in [2.05, 4.69) is 10.6 Å². The van der Waals surface area contributed by atoms with Gasteiger partial charge in [-0.05, 0) is 36.2 Å². The van der Waals surface area contributed by atoms with E-state index in [1.165, 1.54) is 0 Å². The van der Waals surface area contributed by atoms with Crippen molar-refractivity contribution < 1.29 is 9.59 Å². The van der Waals surface area contributed by atoms with Crippen LogP contribution in [0, 0.1) is 5.92 Å². The van der Waals surface area contributed by atoms with Crippen LogP contribution in [-0.4, -0.2) is 18.4 Å². The summed E-state index contributed by atoms with van der Waals surface area (Å²) in [6.45, 7) is 2.43. The highest BCUT2D eigenvalue weighted by atomic mass is 16.2. The van der Waals surface area contributed by atoms with E-state index in [0.29, 0.717) is 19.4 Å². The Kier molecular flexibility index (Phi) is 3.62. The quantitative estimate of drug-likeness (QED) is 0.745. The Morgan fingerprint density at radius 2 is 2.33 bits per heavy atom. The number of nitrogens with two attached hydrogens (primary N) is 1. The van der Waals surface area contributed by atoms with Crippen LogP contribution >= 0.6 is 0 Å². The Morgan fingerprint density at radius 1 is 1.56 bits per heavy atom. The number of amides is 2. The summed E-state index contributed by atoms with van der Waals surface area (Å²) >= 11 is 0. The molecule has 0 saturated carbocycles. The molecule has 5 nitrogen and oxygen atoms in total. The first-order valence-electron chi connectivity index (χ1n) is 6.01. The molecular weight excluding hydrogens is 230 g/mol. The average Bonchev–Trinajstić information content (AvgIpc) is 2.68. The van der Waals surface area contributed by atoms with Crippen molar-refractivity contribution in [1.82, 2.24) is 0 Å². The van der Waals surface area contributed by atoms with E-state index >= 15 is 0 Å². The maximum Gasteiger partial charge on any atom is 0.228 e. The molecule has 96 valence electrons. The van der Waals surface area contributed by atoms with Gasteiger partial charge in [0.25, 0.3) is 0 Å². The molecule has 1 aliphatic heterocycles. The van der Waals surface area contributed by atoms with Gasteiger partial charge in [-0.2, -0.15) is 0 Å². The summed E-state index contributed by atoms with van der Waals surface area (Å²) in [5, 5.41) is 5.57. The summed E-state index contributed by atoms with van der Waals surface area (Å²) in [4.78, 5) is 22.9. The molecule has 1 aromatic rings. The van der Waals surface area contributed by atoms with Crippen LogP contribution in [0.3, 0.4) is 0 Å². The summed E-state index contributed by atoms with van der Waals surface area (Å²) in [5.74, 6) is 0.109. The summed E-state index contributed by atoms with van der Waals surface area (Å²) in [6.07, 6.45) is 0.781. The zero-order valence-electron chi connectivity index (χ0n) is 10.3. The number of carbonyl (C=O) groups excluding carboxylic acids is 2. The number of carbonyl (C=O) groups is 2. The van der Waals surface area contributed by atoms with Gasteiger partial charge in [-0.1, -0.05) is 6.92 Å². The van der Waals surface area contributed by atoms with Crippen LogP contribution in [0.5, 0.6) is 0 Å². The SMILES string of the molecule is CC(CN)CC(=O)Nc1ccc2c(c1)CC(=O)N2. The van der Waals surface area contributed by atoms with Crippen LogP contribution in [0.4, 0.5) is 11.4 Å². The van der Waals surface area contributed by atoms with E-state index in [0.717, 1.165) is 16.9 Å². The number of hydrogen-bond donors (Lipinski definition) is 3. The van der Waals surface area contributed by atoms with Gasteiger partial charge in [0.15, 0.2) is 0 Å². The van der Waals surface area contributed by atoms with Crippen molar-refractivity contribution in [2.75, 3.05) is 17.2 Å². The number of hydrogen-bond acceptors (Lipinski definition) is 3. The maximum absolute atomic E-state index is 11.7. The Labute approximate surface area is 106 Å². The molecule has 2 amide bonds. The van der Waals surface area contributed by atoms with Crippen molar-refractivity contribution in [2.24, 2.45) is 11.7 Å². The number of benzene rings is 1. The minimum absolute atomic E-state index is 0.00905. The zero-order valence-corrected chi connectivity index (χ0v) is 10.3. The van der Waals surface area contributed by atoms with Crippen molar-refractivity contribution in [2.45, 2.75) is 19.8 Å². The first-order valence-corrected chi connectivity index (χ1v) is 6.01. The molecule has 0 spiro atoms. The van der Waals surface area contributed by atoms with Gasteiger partial charge >= 0.3 is 0 Å². The fourth-order valence-corrected chi connectivity index (χ4v) is 1.92. The van der Waals surface area contributed by atoms with E-state index in [-0.39, 0.29) is 17.7 Å². The third-order valence-corrected chi connectivity index (χ3v) is 2.95. The first kappa shape index (κ1) is 12.6. The molecule has 0 bridgehead atoms. The van der Waals surface area contributed by atoms with E-state index in [1.807, 2.05) is 19.1 Å². The second-order valence-corrected chi connectivity index (χ2v) is 4.69. The monoisotopic (exact) mass is 247 g/mol. The van der Waals surface area contributed by atoms with Crippen molar-refractivity contribution in [1.29, 1.82) is 0 Å². The lowest BCUT2D eigenvalue weighted by molar-refractivity contribution is -0.117. The molecule has 1 aliphatic rings. The van der Waals surface area contributed by atoms with Gasteiger partial charge in [-0.15, -0.1) is 0 Å². The summed E-state index contributed by atoms with van der Waals surface area (Å²) in [5.41, 5.74) is 7.95. The van der Waals surface area contributed by atoms with Crippen LogP contribution in [0.2, 0.25) is 0 Å². The van der Waals surface area contributed by atoms with Gasteiger partial charge in [0.2, 0.25) is 11.8 Å². The standard InChI is InChI=1S/C13H17N3O2/c1-8(7-14)4-12(17)15-10-2-3-11-9(5-10)6-13(18)16-11/h2-3,5,8H,4,6-7,14H2,1H3,(H,15,17)(H,16,18). The molecule has 18 heavy (non-hydrogen) atoms. The van der Waals surface area contributed by atoms with Crippen LogP contribution in [0.25, 0.3) is 0 Å². The average molecular weight is 247 g/mol. The predicted octanol–water partition coefficient (Wildman–Crippen LogP) is 1.10. The Morgan fingerprint density at radius 3 is 3.06 bits per heavy atom. The normalized spacial score (nSPS) is 14.9. The van der Waals surface area contributed by atoms with E-state index < -0.39 is 0 Å². The fourth-order valence-electron chi connectivity index (χ4n) is 1.92. The molecule has 0 aromatic heterocycles. The van der Waals surface area contributed by atoms with Crippen molar-refractivity contribution >= 4 is 23.2 Å². The van der Waals surface area contributed by atoms with E-state index in [4.69, 9.17) is 5.73 Å². The topological polar surface area (TPSA) is 84.2 Å². The second-order valence-electron chi connectivity index (χ2n) is 4.69. The van der Waals surface area contributed by atoms with Crippen LogP contribution in [-0.2, 0) is 16.0 Å². The lowest BCUT2D eigenvalue weighted by atomic mass is 10.1. The summed E-state index contributed by atoms with van der Waals surface area (Å²) in [7, 11) is 0. The van der Waals surface area contributed by atoms with Crippen LogP contribution < -0.4 is 16.4 Å². The molecule has 0 saturated heterocycles. The summed E-state index contributed by atoms with van der Waals surface area (Å²) in [6, 6.07) is 5.43. The highest BCUT2D eigenvalue weighted by Crippen LogP contribution is 2.26. The number of nitrogens with one attached hydrogen (secondary N) is 2. The number of fused-ring (bicyclic) bond motifs is 1. The molecule has 1 unspecified atom stereocenters. The highest BCUT2D eigenvalue weighted by Gasteiger charge is 2.18. The van der Waals surface area contributed by atoms with Gasteiger partial charge in [0.05, 0.1) is 6.42 Å². The molecular formula is C13H17N3O2. The third kappa shape index (κ3) is 2.87. The molecule has 2 rings (SSSR count). The minimum atomic E-state index is -0.0508. The Bertz CT molecular complexity index is 485. The highest BCUT2D eigenvalue weighted by molar-refractivity contribution is 6.00. The molecule has 0 aliphatic carbocycles. The largest absolute Gasteiger partial charge is 0.330 e. The fraction of sp³-hybridized carbons (Fsp3) is 0.385. The molecule has 1 heterocycles. The summed E-state index contributed by atoms with van der Waals surface area (Å²) < 4.78 is 0. The molecule has 1 atom stereocenters. The lowest BCUT2D eigenvalue weighted by Gasteiger charge is -2.10. The molecule has 4 N–H and O–H groups in total. The molecule has 0 fully saturated rings. The van der Waals surface area contributed by atoms with Crippen molar-refractivity contribution in [3.05, 3.63) is 23.8 Å². The van der Waals surface area contributed by atoms with Gasteiger partial charge in [0, 0.05) is 17.8 Å². The first-order chi connectivity index (χ1) is 8.58. The molecule has 5 heteroatoms. The van der Waals surface area contributed by atoms with E-state index in [9.17, 15) is 9.59 Å². The van der Waals surface area contributed by atoms with Crippen LogP contribution in [0.15, 0.2) is 18.2 Å². The smallest absolute Gasteiger partial charge is 0.228 e. The number of anilines is 2. The Balaban J connectivity index is 2.01. The van der Waals surface area contributed by atoms with Crippen molar-refractivity contribution in [3.63, 3.8) is 0 Å². The predicted molar refractivity (Wildman–Crippen MR) is 70.2 cm³/mol. The van der Waals surface area contributed by atoms with Gasteiger partial charge in [-0.3, -0.25) is 9.59 Å². The molecule has 1 aromatic carbocycles. The van der Waals surface area contributed by atoms with Gasteiger partial charge in [-0.25, -0.2) is 0 Å². The minimum Gasteiger partial charge on any atom is -0.330 e. The van der Waals surface area contributed by atoms with E-state index in [1.54, 1.807) is 6.07 Å². The third-order valence-electron chi connectivity index (χ3n) is 2.95.